The molecule has 0 fully saturated rings. The molecule has 4 heterocycles. The van der Waals surface area contributed by atoms with E-state index in [0.717, 1.165) is 22.3 Å². The number of nitrogens with one attached hydrogen (secondary N) is 2. The topological polar surface area (TPSA) is 111 Å². The Balaban J connectivity index is 1.80. The SMILES string of the molecule is CC(C)=C(C=N)c1cnc2cc1O[C@@H](C)CCOc1c(cnn1C)-c1nccc(n1)N2. The van der Waals surface area contributed by atoms with Crippen LogP contribution in [-0.4, -0.2) is 43.7 Å². The monoisotopic (exact) mass is 419 g/mol. The molecule has 0 aromatic carbocycles. The van der Waals surface area contributed by atoms with Gasteiger partial charge in [0.2, 0.25) is 5.88 Å². The minimum atomic E-state index is -0.119. The maximum atomic E-state index is 7.83. The van der Waals surface area contributed by atoms with Crippen LogP contribution in [0.3, 0.4) is 0 Å². The molecular weight excluding hydrogens is 394 g/mol. The summed E-state index contributed by atoms with van der Waals surface area (Å²) in [6.45, 7) is 6.37. The van der Waals surface area contributed by atoms with Crippen molar-refractivity contribution in [1.82, 2.24) is 24.7 Å². The summed E-state index contributed by atoms with van der Waals surface area (Å²) in [5.41, 5.74) is 3.29. The van der Waals surface area contributed by atoms with Crippen molar-refractivity contribution in [3.05, 3.63) is 41.9 Å². The molecule has 160 valence electrons. The zero-order chi connectivity index (χ0) is 22.0. The van der Waals surface area contributed by atoms with Gasteiger partial charge in [0.05, 0.1) is 18.9 Å². The summed E-state index contributed by atoms with van der Waals surface area (Å²) in [5, 5.41) is 15.3. The average molecular weight is 419 g/mol. The smallest absolute Gasteiger partial charge is 0.222 e. The number of allylic oxidation sites excluding steroid dienone is 2. The number of aromatic nitrogens is 5. The second-order valence-corrected chi connectivity index (χ2v) is 7.57. The van der Waals surface area contributed by atoms with E-state index in [0.29, 0.717) is 42.1 Å². The van der Waals surface area contributed by atoms with Crippen LogP contribution in [0, 0.1) is 5.41 Å². The Morgan fingerprint density at radius 1 is 1.26 bits per heavy atom. The quantitative estimate of drug-likeness (QED) is 0.604. The van der Waals surface area contributed by atoms with Crippen LogP contribution in [0.5, 0.6) is 11.6 Å². The molecule has 1 aliphatic heterocycles. The fourth-order valence-corrected chi connectivity index (χ4v) is 3.33. The van der Waals surface area contributed by atoms with Crippen LogP contribution in [0.15, 0.2) is 36.3 Å². The van der Waals surface area contributed by atoms with Crippen LogP contribution >= 0.6 is 0 Å². The van der Waals surface area contributed by atoms with Gasteiger partial charge >= 0.3 is 0 Å². The van der Waals surface area contributed by atoms with Crippen molar-refractivity contribution in [2.75, 3.05) is 11.9 Å². The molecule has 0 amide bonds. The Bertz CT molecular complexity index is 1150. The van der Waals surface area contributed by atoms with Crippen LogP contribution in [0.4, 0.5) is 11.6 Å². The number of nitrogens with zero attached hydrogens (tertiary/aromatic N) is 5. The molecule has 2 N–H and O–H groups in total. The van der Waals surface area contributed by atoms with Gasteiger partial charge in [0, 0.05) is 49.3 Å². The van der Waals surface area contributed by atoms with Gasteiger partial charge in [0.15, 0.2) is 5.82 Å². The number of hydrogen-bond donors (Lipinski definition) is 2. The van der Waals surface area contributed by atoms with E-state index in [1.165, 1.54) is 6.21 Å². The number of rotatable bonds is 2. The average Bonchev–Trinajstić information content (AvgIpc) is 3.10. The summed E-state index contributed by atoms with van der Waals surface area (Å²) in [6, 6.07) is 3.60. The molecule has 1 aliphatic rings. The van der Waals surface area contributed by atoms with Crippen molar-refractivity contribution in [2.24, 2.45) is 7.05 Å². The molecular formula is C22H25N7O2. The zero-order valence-electron chi connectivity index (χ0n) is 18.0. The molecule has 9 nitrogen and oxygen atoms in total. The van der Waals surface area contributed by atoms with E-state index in [1.54, 1.807) is 29.3 Å². The fraction of sp³-hybridized carbons (Fsp3) is 0.318. The van der Waals surface area contributed by atoms with Crippen molar-refractivity contribution in [3.63, 3.8) is 0 Å². The molecule has 31 heavy (non-hydrogen) atoms. The molecule has 0 saturated heterocycles. The van der Waals surface area contributed by atoms with E-state index in [2.05, 4.69) is 25.4 Å². The molecule has 0 radical (unpaired) electrons. The Morgan fingerprint density at radius 2 is 2.10 bits per heavy atom. The highest BCUT2D eigenvalue weighted by Crippen LogP contribution is 2.32. The molecule has 3 aromatic rings. The second-order valence-electron chi connectivity index (χ2n) is 7.57. The normalized spacial score (nSPS) is 15.4. The molecule has 0 saturated carbocycles. The molecule has 3 aromatic heterocycles. The van der Waals surface area contributed by atoms with Crippen molar-refractivity contribution in [3.8, 4) is 23.0 Å². The van der Waals surface area contributed by atoms with Crippen LogP contribution in [0.1, 0.15) is 32.8 Å². The third-order valence-electron chi connectivity index (χ3n) is 4.97. The number of aryl methyl sites for hydroxylation is 1. The second kappa shape index (κ2) is 8.55. The van der Waals surface area contributed by atoms with Crippen molar-refractivity contribution >= 4 is 23.4 Å². The van der Waals surface area contributed by atoms with E-state index in [-0.39, 0.29) is 6.10 Å². The highest BCUT2D eigenvalue weighted by molar-refractivity contribution is 6.10. The molecule has 0 aliphatic carbocycles. The van der Waals surface area contributed by atoms with E-state index >= 15 is 0 Å². The molecule has 9 heteroatoms. The van der Waals surface area contributed by atoms with Crippen molar-refractivity contribution in [2.45, 2.75) is 33.3 Å². The molecule has 0 unspecified atom stereocenters. The summed E-state index contributed by atoms with van der Waals surface area (Å²) in [5.74, 6) is 2.95. The van der Waals surface area contributed by atoms with Crippen LogP contribution < -0.4 is 14.8 Å². The molecule has 4 rings (SSSR count). The molecule has 0 spiro atoms. The summed E-state index contributed by atoms with van der Waals surface area (Å²) in [6.07, 6.45) is 6.97. The predicted octanol–water partition coefficient (Wildman–Crippen LogP) is 4.01. The Morgan fingerprint density at radius 3 is 2.87 bits per heavy atom. The lowest BCUT2D eigenvalue weighted by Crippen LogP contribution is -2.18. The van der Waals surface area contributed by atoms with Gasteiger partial charge in [-0.05, 0) is 26.8 Å². The lowest BCUT2D eigenvalue weighted by molar-refractivity contribution is 0.172. The lowest BCUT2D eigenvalue weighted by Gasteiger charge is -2.20. The number of hydrogen-bond acceptors (Lipinski definition) is 8. The van der Waals surface area contributed by atoms with Crippen LogP contribution in [0.25, 0.3) is 17.0 Å². The van der Waals surface area contributed by atoms with E-state index in [4.69, 9.17) is 14.9 Å². The van der Waals surface area contributed by atoms with E-state index < -0.39 is 0 Å². The fourth-order valence-electron chi connectivity index (χ4n) is 3.33. The summed E-state index contributed by atoms with van der Waals surface area (Å²) in [4.78, 5) is 13.5. The van der Waals surface area contributed by atoms with Gasteiger partial charge in [0.25, 0.3) is 0 Å². The van der Waals surface area contributed by atoms with Crippen molar-refractivity contribution < 1.29 is 9.47 Å². The third kappa shape index (κ3) is 4.25. The largest absolute Gasteiger partial charge is 0.490 e. The van der Waals surface area contributed by atoms with Gasteiger partial charge < -0.3 is 20.2 Å². The summed E-state index contributed by atoms with van der Waals surface area (Å²) >= 11 is 0. The number of ether oxygens (including phenoxy) is 2. The van der Waals surface area contributed by atoms with Gasteiger partial charge in [-0.15, -0.1) is 0 Å². The number of fused-ring (bicyclic) bond motifs is 6. The van der Waals surface area contributed by atoms with Gasteiger partial charge in [-0.25, -0.2) is 19.6 Å². The summed E-state index contributed by atoms with van der Waals surface area (Å²) < 4.78 is 14.0. The van der Waals surface area contributed by atoms with Crippen molar-refractivity contribution in [1.29, 1.82) is 5.41 Å². The molecule has 1 atom stereocenters. The Labute approximate surface area is 180 Å². The first-order chi connectivity index (χ1) is 15.0. The number of anilines is 2. The minimum Gasteiger partial charge on any atom is -0.490 e. The Kier molecular flexibility index (Phi) is 5.66. The summed E-state index contributed by atoms with van der Waals surface area (Å²) in [7, 11) is 1.82. The van der Waals surface area contributed by atoms with Gasteiger partial charge in [-0.1, -0.05) is 5.57 Å². The lowest BCUT2D eigenvalue weighted by atomic mass is 10.0. The third-order valence-corrected chi connectivity index (χ3v) is 4.97. The van der Waals surface area contributed by atoms with Gasteiger partial charge in [-0.2, -0.15) is 5.10 Å². The first-order valence-corrected chi connectivity index (χ1v) is 10.1. The molecule has 4 bridgehead atoms. The van der Waals surface area contributed by atoms with Crippen LogP contribution in [0.2, 0.25) is 0 Å². The van der Waals surface area contributed by atoms with Gasteiger partial charge in [-0.3, -0.25) is 0 Å². The van der Waals surface area contributed by atoms with Gasteiger partial charge in [0.1, 0.15) is 22.9 Å². The standard InChI is InChI=1S/C22H25N7O2/c1-13(2)15(10-23)16-11-25-20-9-18(16)31-14(3)6-8-30-22-17(12-26-29(22)4)21-24-7-5-19(27-20)28-21/h5,7,9-12,14,23H,6,8H2,1-4H3,(H,24,25,27,28)/t14-/m0/s1. The van der Waals surface area contributed by atoms with E-state index in [9.17, 15) is 0 Å². The number of pyridine rings is 1. The Hall–Kier alpha value is -3.75. The zero-order valence-corrected chi connectivity index (χ0v) is 18.0. The first kappa shape index (κ1) is 20.5. The van der Waals surface area contributed by atoms with Crippen LogP contribution in [-0.2, 0) is 7.05 Å². The maximum absolute atomic E-state index is 7.83. The highest BCUT2D eigenvalue weighted by atomic mass is 16.5. The maximum Gasteiger partial charge on any atom is 0.222 e. The minimum absolute atomic E-state index is 0.119. The van der Waals surface area contributed by atoms with E-state index in [1.807, 2.05) is 33.9 Å². The first-order valence-electron chi connectivity index (χ1n) is 10.1. The highest BCUT2D eigenvalue weighted by Gasteiger charge is 2.19. The predicted molar refractivity (Wildman–Crippen MR) is 119 cm³/mol.